The first kappa shape index (κ1) is 15.6. The molecule has 0 aliphatic carbocycles. The lowest BCUT2D eigenvalue weighted by molar-refractivity contribution is -0.137. The molecule has 1 aromatic carbocycles. The summed E-state index contributed by atoms with van der Waals surface area (Å²) >= 11 is 0. The van der Waals surface area contributed by atoms with Crippen LogP contribution in [0.5, 0.6) is 0 Å². The number of rotatable bonds is 8. The van der Waals surface area contributed by atoms with Crippen LogP contribution in [0.3, 0.4) is 0 Å². The molecule has 1 aromatic rings. The Morgan fingerprint density at radius 3 is 2.42 bits per heavy atom. The van der Waals surface area contributed by atoms with Gasteiger partial charge in [0.1, 0.15) is 0 Å². The van der Waals surface area contributed by atoms with Gasteiger partial charge in [0.25, 0.3) is 0 Å². The van der Waals surface area contributed by atoms with E-state index in [1.807, 2.05) is 0 Å². The van der Waals surface area contributed by atoms with Crippen molar-refractivity contribution in [2.45, 2.75) is 11.3 Å². The van der Waals surface area contributed by atoms with Gasteiger partial charge in [0, 0.05) is 20.2 Å². The van der Waals surface area contributed by atoms with Crippen LogP contribution >= 0.6 is 0 Å². The van der Waals surface area contributed by atoms with E-state index in [0.717, 1.165) is 4.31 Å². The van der Waals surface area contributed by atoms with Gasteiger partial charge >= 0.3 is 5.97 Å². The highest BCUT2D eigenvalue weighted by molar-refractivity contribution is 7.89. The van der Waals surface area contributed by atoms with Crippen LogP contribution in [0, 0.1) is 0 Å². The summed E-state index contributed by atoms with van der Waals surface area (Å²) in [7, 11) is -2.22. The van der Waals surface area contributed by atoms with Crippen LogP contribution < -0.4 is 0 Å². The summed E-state index contributed by atoms with van der Waals surface area (Å²) in [4.78, 5) is 10.7. The van der Waals surface area contributed by atoms with E-state index >= 15 is 0 Å². The number of carbonyl (C=O) groups is 1. The Morgan fingerprint density at radius 2 is 1.89 bits per heavy atom. The molecule has 6 nitrogen and oxygen atoms in total. The van der Waals surface area contributed by atoms with Crippen molar-refractivity contribution in [3.8, 4) is 0 Å². The number of ether oxygens (including phenoxy) is 1. The molecular formula is C12H17NO5S. The fourth-order valence-electron chi connectivity index (χ4n) is 1.51. The molecule has 0 spiro atoms. The first-order valence-electron chi connectivity index (χ1n) is 5.74. The number of methoxy groups -OCH3 is 1. The minimum atomic E-state index is -3.68. The van der Waals surface area contributed by atoms with Crippen molar-refractivity contribution in [3.63, 3.8) is 0 Å². The smallest absolute Gasteiger partial charge is 0.304 e. The molecule has 1 rings (SSSR count). The Morgan fingerprint density at radius 1 is 1.26 bits per heavy atom. The van der Waals surface area contributed by atoms with Gasteiger partial charge in [0.15, 0.2) is 0 Å². The SMILES string of the molecule is COCCN(CCC(=O)O)S(=O)(=O)c1ccccc1. The molecule has 0 aliphatic rings. The van der Waals surface area contributed by atoms with E-state index in [0.29, 0.717) is 0 Å². The highest BCUT2D eigenvalue weighted by atomic mass is 32.2. The van der Waals surface area contributed by atoms with E-state index in [1.54, 1.807) is 18.2 Å². The van der Waals surface area contributed by atoms with Gasteiger partial charge in [-0.1, -0.05) is 18.2 Å². The lowest BCUT2D eigenvalue weighted by Crippen LogP contribution is -2.35. The van der Waals surface area contributed by atoms with E-state index in [2.05, 4.69) is 0 Å². The molecule has 0 saturated heterocycles. The Labute approximate surface area is 112 Å². The number of benzene rings is 1. The Kier molecular flexibility index (Phi) is 5.94. The quantitative estimate of drug-likeness (QED) is 0.764. The molecular weight excluding hydrogens is 270 g/mol. The topological polar surface area (TPSA) is 83.9 Å². The van der Waals surface area contributed by atoms with Crippen molar-refractivity contribution in [3.05, 3.63) is 30.3 Å². The van der Waals surface area contributed by atoms with Gasteiger partial charge in [0.2, 0.25) is 10.0 Å². The van der Waals surface area contributed by atoms with E-state index in [1.165, 1.54) is 19.2 Å². The van der Waals surface area contributed by atoms with Gasteiger partial charge < -0.3 is 9.84 Å². The Hall–Kier alpha value is -1.44. The molecule has 0 amide bonds. The van der Waals surface area contributed by atoms with Crippen LogP contribution in [0.25, 0.3) is 0 Å². The van der Waals surface area contributed by atoms with Crippen LogP contribution in [-0.2, 0) is 19.6 Å². The van der Waals surface area contributed by atoms with E-state index < -0.39 is 16.0 Å². The zero-order valence-electron chi connectivity index (χ0n) is 10.7. The Bertz CT molecular complexity index is 500. The second-order valence-electron chi connectivity index (χ2n) is 3.85. The second kappa shape index (κ2) is 7.22. The monoisotopic (exact) mass is 287 g/mol. The number of hydrogen-bond donors (Lipinski definition) is 1. The molecule has 0 aliphatic heterocycles. The lowest BCUT2D eigenvalue weighted by Gasteiger charge is -2.21. The first-order valence-corrected chi connectivity index (χ1v) is 7.18. The third-order valence-corrected chi connectivity index (χ3v) is 4.41. The molecule has 106 valence electrons. The summed E-state index contributed by atoms with van der Waals surface area (Å²) in [5, 5.41) is 8.67. The maximum absolute atomic E-state index is 12.3. The number of carboxylic acids is 1. The summed E-state index contributed by atoms with van der Waals surface area (Å²) in [6, 6.07) is 7.93. The molecule has 0 bridgehead atoms. The van der Waals surface area contributed by atoms with Gasteiger partial charge in [-0.3, -0.25) is 4.79 Å². The fourth-order valence-corrected chi connectivity index (χ4v) is 2.95. The van der Waals surface area contributed by atoms with Crippen LogP contribution in [0.15, 0.2) is 35.2 Å². The maximum atomic E-state index is 12.3. The number of nitrogens with zero attached hydrogens (tertiary/aromatic N) is 1. The standard InChI is InChI=1S/C12H17NO5S/c1-18-10-9-13(8-7-12(14)15)19(16,17)11-5-3-2-4-6-11/h2-6H,7-10H2,1H3,(H,14,15). The fraction of sp³-hybridized carbons (Fsp3) is 0.417. The summed E-state index contributed by atoms with van der Waals surface area (Å²) in [5.41, 5.74) is 0. The third-order valence-electron chi connectivity index (χ3n) is 2.50. The molecule has 0 atom stereocenters. The van der Waals surface area contributed by atoms with Crippen molar-refractivity contribution in [1.29, 1.82) is 0 Å². The minimum absolute atomic E-state index is 0.0735. The van der Waals surface area contributed by atoms with Crippen molar-refractivity contribution >= 4 is 16.0 Å². The molecule has 0 unspecified atom stereocenters. The summed E-state index contributed by atoms with van der Waals surface area (Å²) in [6.07, 6.45) is -0.240. The zero-order valence-corrected chi connectivity index (χ0v) is 11.5. The molecule has 0 fully saturated rings. The Balaban J connectivity index is 2.91. The highest BCUT2D eigenvalue weighted by Gasteiger charge is 2.24. The molecule has 19 heavy (non-hydrogen) atoms. The van der Waals surface area contributed by atoms with Crippen molar-refractivity contribution in [2.24, 2.45) is 0 Å². The van der Waals surface area contributed by atoms with Gasteiger partial charge in [-0.25, -0.2) is 8.42 Å². The number of hydrogen-bond acceptors (Lipinski definition) is 4. The van der Waals surface area contributed by atoms with Gasteiger partial charge in [-0.2, -0.15) is 4.31 Å². The third kappa shape index (κ3) is 4.62. The molecule has 0 saturated carbocycles. The second-order valence-corrected chi connectivity index (χ2v) is 5.79. The van der Waals surface area contributed by atoms with Crippen LogP contribution in [0.4, 0.5) is 0 Å². The molecule has 7 heteroatoms. The number of sulfonamides is 1. The van der Waals surface area contributed by atoms with Crippen LogP contribution in [0.2, 0.25) is 0 Å². The van der Waals surface area contributed by atoms with Gasteiger partial charge in [0.05, 0.1) is 17.9 Å². The van der Waals surface area contributed by atoms with E-state index in [4.69, 9.17) is 9.84 Å². The summed E-state index contributed by atoms with van der Waals surface area (Å²) in [6.45, 7) is 0.266. The van der Waals surface area contributed by atoms with Gasteiger partial charge in [-0.05, 0) is 12.1 Å². The first-order chi connectivity index (χ1) is 8.98. The van der Waals surface area contributed by atoms with E-state index in [9.17, 15) is 13.2 Å². The number of aliphatic carboxylic acids is 1. The average Bonchev–Trinajstić information content (AvgIpc) is 2.39. The van der Waals surface area contributed by atoms with Crippen LogP contribution in [-0.4, -0.2) is 50.6 Å². The predicted molar refractivity (Wildman–Crippen MR) is 69.3 cm³/mol. The average molecular weight is 287 g/mol. The predicted octanol–water partition coefficient (Wildman–Crippen LogP) is 0.798. The molecule has 0 aromatic heterocycles. The minimum Gasteiger partial charge on any atom is -0.481 e. The van der Waals surface area contributed by atoms with Crippen molar-refractivity contribution in [1.82, 2.24) is 4.31 Å². The number of carboxylic acid groups (broad SMARTS) is 1. The highest BCUT2D eigenvalue weighted by Crippen LogP contribution is 2.15. The van der Waals surface area contributed by atoms with E-state index in [-0.39, 0.29) is 31.0 Å². The molecule has 0 heterocycles. The normalized spacial score (nSPS) is 11.7. The maximum Gasteiger partial charge on any atom is 0.304 e. The largest absolute Gasteiger partial charge is 0.481 e. The molecule has 0 radical (unpaired) electrons. The summed E-state index contributed by atoms with van der Waals surface area (Å²) in [5.74, 6) is -1.04. The summed E-state index contributed by atoms with van der Waals surface area (Å²) < 4.78 is 30.6. The molecule has 1 N–H and O–H groups in total. The zero-order chi connectivity index (χ0) is 14.3. The lowest BCUT2D eigenvalue weighted by atomic mass is 10.4. The van der Waals surface area contributed by atoms with Crippen LogP contribution in [0.1, 0.15) is 6.42 Å². The van der Waals surface area contributed by atoms with Crippen molar-refractivity contribution in [2.75, 3.05) is 26.8 Å². The van der Waals surface area contributed by atoms with Crippen molar-refractivity contribution < 1.29 is 23.1 Å². The van der Waals surface area contributed by atoms with Gasteiger partial charge in [-0.15, -0.1) is 0 Å².